The van der Waals surface area contributed by atoms with E-state index in [2.05, 4.69) is 399 Å². The van der Waals surface area contributed by atoms with Gasteiger partial charge in [0.2, 0.25) is 0 Å². The minimum atomic E-state index is 1.12. The van der Waals surface area contributed by atoms with Crippen molar-refractivity contribution in [2.75, 3.05) is 0 Å². The Hall–Kier alpha value is -13.2. The van der Waals surface area contributed by atoms with Crippen LogP contribution in [0.2, 0.25) is 0 Å². The van der Waals surface area contributed by atoms with Gasteiger partial charge in [0, 0.05) is 52.8 Å². The fraction of sp³-hybridized carbons (Fsp3) is 0.0196. The first-order chi connectivity index (χ1) is 51.8. The maximum absolute atomic E-state index is 2.46. The lowest BCUT2D eigenvalue weighted by molar-refractivity contribution is 1.18. The molecule has 0 aliphatic rings. The number of rotatable bonds is 12. The van der Waals surface area contributed by atoms with Crippen molar-refractivity contribution in [3.8, 4) is 123 Å². The average Bonchev–Trinajstić information content (AvgIpc) is 1.54. The predicted molar refractivity (Wildman–Crippen MR) is 449 cm³/mol. The number of hydrogen-bond donors (Lipinski definition) is 0. The zero-order valence-corrected chi connectivity index (χ0v) is 58.9. The Morgan fingerprint density at radius 3 is 0.867 bits per heavy atom. The summed E-state index contributed by atoms with van der Waals surface area (Å²) >= 11 is 1.87. The maximum Gasteiger partial charge on any atom is 0.0541 e. The van der Waals surface area contributed by atoms with Crippen LogP contribution in [-0.2, 0) is 0 Å². The van der Waals surface area contributed by atoms with Crippen LogP contribution in [0.4, 0.5) is 0 Å². The molecule has 0 spiro atoms. The Labute approximate surface area is 614 Å². The van der Waals surface area contributed by atoms with Crippen molar-refractivity contribution in [1.29, 1.82) is 0 Å². The van der Waals surface area contributed by atoms with Gasteiger partial charge in [-0.15, -0.1) is 11.3 Å². The third-order valence-electron chi connectivity index (χ3n) is 21.5. The van der Waals surface area contributed by atoms with Crippen LogP contribution in [0.5, 0.6) is 0 Å². The largest absolute Gasteiger partial charge is 0.309 e. The molecule has 0 saturated carbocycles. The summed E-state index contributed by atoms with van der Waals surface area (Å²) in [5.74, 6) is 0. The molecule has 0 N–H and O–H groups in total. The van der Waals surface area contributed by atoms with E-state index in [1.54, 1.807) is 0 Å². The summed E-state index contributed by atoms with van der Waals surface area (Å²) in [6.07, 6.45) is 0. The lowest BCUT2D eigenvalue weighted by Gasteiger charge is -2.15. The van der Waals surface area contributed by atoms with Crippen LogP contribution in [0, 0.1) is 13.8 Å². The Bertz CT molecular complexity index is 6760. The second-order valence-corrected chi connectivity index (χ2v) is 29.2. The maximum atomic E-state index is 2.46. The number of fused-ring (bicyclic) bond motifs is 10. The third kappa shape index (κ3) is 11.0. The molecule has 105 heavy (non-hydrogen) atoms. The Morgan fingerprint density at radius 1 is 0.181 bits per heavy atom. The molecule has 2 nitrogen and oxygen atoms in total. The normalized spacial score (nSPS) is 11.7. The topological polar surface area (TPSA) is 9.86 Å². The van der Waals surface area contributed by atoms with E-state index in [1.807, 2.05) is 11.3 Å². The highest BCUT2D eigenvalue weighted by Gasteiger charge is 2.20. The van der Waals surface area contributed by atoms with Gasteiger partial charge in [-0.3, -0.25) is 0 Å². The first kappa shape index (κ1) is 61.7. The molecular weight excluding hydrogens is 1290 g/mol. The molecule has 3 aromatic heterocycles. The van der Waals surface area contributed by atoms with Gasteiger partial charge in [0.15, 0.2) is 0 Å². The SMILES string of the molecule is Cc1cc(C)cc(-c2cccc(-c3cccc(-c4cccc(-c5cccc(-c6cccc(-c7cccc(-c8cccc(-c9cc(-c%10ccc%11sc%12ccc(-c%13cccc%14c(-n%15c%16ccccc%16c%16ccccc%16%15)cccc%13%14)cc%12c%11c%10)cc(-n%10c%11ccccc%11c%11ccccc%11%10)c9)c8)c7)c6)c5)c4)c3)c2)c1. The molecule has 3 heterocycles. The van der Waals surface area contributed by atoms with Gasteiger partial charge in [-0.2, -0.15) is 0 Å². The smallest absolute Gasteiger partial charge is 0.0541 e. The van der Waals surface area contributed by atoms with E-state index in [0.717, 1.165) is 33.5 Å². The minimum Gasteiger partial charge on any atom is -0.309 e. The molecule has 0 unspecified atom stereocenters. The van der Waals surface area contributed by atoms with Crippen LogP contribution in [0.3, 0.4) is 0 Å². The summed E-state index contributed by atoms with van der Waals surface area (Å²) in [4.78, 5) is 0. The summed E-state index contributed by atoms with van der Waals surface area (Å²) in [6.45, 7) is 4.35. The number of nitrogens with zero attached hydrogens (tertiary/aromatic N) is 2. The third-order valence-corrected chi connectivity index (χ3v) is 22.7. The van der Waals surface area contributed by atoms with Gasteiger partial charge in [-0.25, -0.2) is 0 Å². The lowest BCUT2D eigenvalue weighted by atomic mass is 9.92. The van der Waals surface area contributed by atoms with Crippen LogP contribution in [0.15, 0.2) is 376 Å². The quantitative estimate of drug-likeness (QED) is 0.115. The summed E-state index contributed by atoms with van der Waals surface area (Å²) in [6, 6.07) is 140. The van der Waals surface area contributed by atoms with Gasteiger partial charge in [0.1, 0.15) is 0 Å². The zero-order chi connectivity index (χ0) is 69.6. The zero-order valence-electron chi connectivity index (χ0n) is 58.1. The van der Waals surface area contributed by atoms with Crippen LogP contribution in [-0.4, -0.2) is 9.13 Å². The van der Waals surface area contributed by atoms with Gasteiger partial charge in [-0.1, -0.05) is 272 Å². The molecule has 0 aliphatic carbocycles. The monoisotopic (exact) mass is 1350 g/mol. The molecule has 0 fully saturated rings. The number of para-hydroxylation sites is 4. The van der Waals surface area contributed by atoms with Crippen LogP contribution < -0.4 is 0 Å². The van der Waals surface area contributed by atoms with Gasteiger partial charge >= 0.3 is 0 Å². The van der Waals surface area contributed by atoms with Crippen molar-refractivity contribution in [2.24, 2.45) is 0 Å². The minimum absolute atomic E-state index is 1.12. The standard InChI is InChI=1S/C102H68N2S/c1-65-50-66(2)52-83(51-65)79-32-16-30-77(58-79)75-28-14-26-73(56-75)71-24-12-22-69(54-71)67-20-11-21-68(53-67)70-23-13-25-72(55-70)74-27-15-29-76(57-74)78-31-17-33-80(59-78)84-60-85(62-86(61-84)103-96-41-7-3-34-90(96)91-35-4-8-42-97(91)103)81-46-48-101-94(63-81)95-64-82(47-49-102(95)105-101)87-38-18-40-89-88(87)39-19-45-100(89)104-98-43-9-5-36-92(98)93-37-6-10-44-99(93)104/h3-64H,1-2H3. The Balaban J connectivity index is 0.628. The summed E-state index contributed by atoms with van der Waals surface area (Å²) in [5, 5.41) is 9.99. The first-order valence-corrected chi connectivity index (χ1v) is 37.1. The van der Waals surface area contributed by atoms with Crippen molar-refractivity contribution in [3.05, 3.63) is 387 Å². The van der Waals surface area contributed by atoms with Crippen LogP contribution >= 0.6 is 11.3 Å². The molecule has 3 heteroatoms. The highest BCUT2D eigenvalue weighted by molar-refractivity contribution is 7.25. The molecule has 20 rings (SSSR count). The van der Waals surface area contributed by atoms with E-state index in [4.69, 9.17) is 0 Å². The van der Waals surface area contributed by atoms with E-state index < -0.39 is 0 Å². The van der Waals surface area contributed by atoms with E-state index >= 15 is 0 Å². The second-order valence-electron chi connectivity index (χ2n) is 28.2. The number of hydrogen-bond acceptors (Lipinski definition) is 1. The first-order valence-electron chi connectivity index (χ1n) is 36.2. The van der Waals surface area contributed by atoms with Crippen molar-refractivity contribution in [3.63, 3.8) is 0 Å². The fourth-order valence-electron chi connectivity index (χ4n) is 16.6. The molecule has 0 bridgehead atoms. The number of thiophene rings is 1. The van der Waals surface area contributed by atoms with E-state index in [9.17, 15) is 0 Å². The van der Waals surface area contributed by atoms with E-state index in [1.165, 1.54) is 175 Å². The predicted octanol–water partition coefficient (Wildman–Crippen LogP) is 28.7. The van der Waals surface area contributed by atoms with Crippen LogP contribution in [0.1, 0.15) is 11.1 Å². The summed E-state index contributed by atoms with van der Waals surface area (Å²) in [5.41, 5.74) is 33.4. The van der Waals surface area contributed by atoms with E-state index in [0.29, 0.717) is 0 Å². The highest BCUT2D eigenvalue weighted by atomic mass is 32.1. The average molecular weight is 1350 g/mol. The highest BCUT2D eigenvalue weighted by Crippen LogP contribution is 2.45. The number of aromatic nitrogens is 2. The van der Waals surface area contributed by atoms with Crippen molar-refractivity contribution in [2.45, 2.75) is 13.8 Å². The van der Waals surface area contributed by atoms with Gasteiger partial charge < -0.3 is 9.13 Å². The molecule has 492 valence electrons. The molecule has 0 radical (unpaired) electrons. The molecule has 0 saturated heterocycles. The number of aryl methyl sites for hydroxylation is 2. The molecule has 0 amide bonds. The molecule has 0 atom stereocenters. The van der Waals surface area contributed by atoms with Gasteiger partial charge in [0.25, 0.3) is 0 Å². The Kier molecular flexibility index (Phi) is 14.9. The Morgan fingerprint density at radius 2 is 0.467 bits per heavy atom. The van der Waals surface area contributed by atoms with Gasteiger partial charge in [0.05, 0.1) is 27.8 Å². The molecule has 0 aliphatic heterocycles. The molecular formula is C102H68N2S. The lowest BCUT2D eigenvalue weighted by Crippen LogP contribution is -1.96. The van der Waals surface area contributed by atoms with Crippen molar-refractivity contribution >= 4 is 85.9 Å². The summed E-state index contributed by atoms with van der Waals surface area (Å²) < 4.78 is 7.46. The van der Waals surface area contributed by atoms with Crippen molar-refractivity contribution < 1.29 is 0 Å². The van der Waals surface area contributed by atoms with Crippen LogP contribution in [0.25, 0.3) is 197 Å². The number of benzene rings is 17. The molecule has 17 aromatic carbocycles. The van der Waals surface area contributed by atoms with Gasteiger partial charge in [-0.05, 0) is 246 Å². The van der Waals surface area contributed by atoms with E-state index in [-0.39, 0.29) is 0 Å². The second kappa shape index (κ2) is 25.4. The molecule has 20 aromatic rings. The van der Waals surface area contributed by atoms with Crippen molar-refractivity contribution in [1.82, 2.24) is 9.13 Å². The summed E-state index contributed by atoms with van der Waals surface area (Å²) in [7, 11) is 0. The fourth-order valence-corrected chi connectivity index (χ4v) is 17.7.